The molecule has 2 N–H and O–H groups in total. The molecule has 2 amide bonds. The van der Waals surface area contributed by atoms with Crippen LogP contribution in [0.3, 0.4) is 0 Å². The first kappa shape index (κ1) is 12.2. The fourth-order valence-corrected chi connectivity index (χ4v) is 2.84. The average molecular weight is 260 g/mol. The van der Waals surface area contributed by atoms with Gasteiger partial charge < -0.3 is 15.3 Å². The van der Waals surface area contributed by atoms with E-state index in [1.807, 2.05) is 30.3 Å². The van der Waals surface area contributed by atoms with Crippen molar-refractivity contribution in [3.05, 3.63) is 35.9 Å². The van der Waals surface area contributed by atoms with E-state index >= 15 is 0 Å². The van der Waals surface area contributed by atoms with Gasteiger partial charge in [-0.2, -0.15) is 0 Å². The highest BCUT2D eigenvalue weighted by Crippen LogP contribution is 2.31. The molecule has 1 aromatic rings. The largest absolute Gasteiger partial charge is 0.363 e. The average Bonchev–Trinajstić information content (AvgIpc) is 2.81. The van der Waals surface area contributed by atoms with Gasteiger partial charge in [0.05, 0.1) is 0 Å². The van der Waals surface area contributed by atoms with Crippen LogP contribution in [0.4, 0.5) is 0 Å². The Labute approximate surface area is 111 Å². The first-order valence-corrected chi connectivity index (χ1v) is 6.50. The quantitative estimate of drug-likeness (QED) is 0.788. The molecule has 0 spiro atoms. The Kier molecular flexibility index (Phi) is 2.78. The number of carbonyl (C=O) groups excluding carboxylic acids is 2. The highest BCUT2D eigenvalue weighted by Gasteiger charge is 2.53. The van der Waals surface area contributed by atoms with Crippen LogP contribution >= 0.6 is 0 Å². The Morgan fingerprint density at radius 1 is 1.32 bits per heavy atom. The van der Waals surface area contributed by atoms with Gasteiger partial charge in [-0.1, -0.05) is 30.3 Å². The molecule has 2 atom stereocenters. The second kappa shape index (κ2) is 4.35. The molecule has 2 saturated heterocycles. The van der Waals surface area contributed by atoms with Crippen molar-refractivity contribution in [2.24, 2.45) is 0 Å². The summed E-state index contributed by atoms with van der Waals surface area (Å²) in [5.41, 5.74) is -0.629. The summed E-state index contributed by atoms with van der Waals surface area (Å²) in [5, 5.41) is 12.9. The molecule has 0 unspecified atom stereocenters. The maximum absolute atomic E-state index is 12.3. The highest BCUT2D eigenvalue weighted by atomic mass is 16.3. The summed E-state index contributed by atoms with van der Waals surface area (Å²) in [6.45, 7) is 0.452. The summed E-state index contributed by atoms with van der Waals surface area (Å²) in [7, 11) is 0. The summed E-state index contributed by atoms with van der Waals surface area (Å²) >= 11 is 0. The van der Waals surface area contributed by atoms with Gasteiger partial charge in [0.15, 0.2) is 0 Å². The molecule has 0 saturated carbocycles. The number of benzene rings is 1. The number of carbonyl (C=O) groups is 2. The summed E-state index contributed by atoms with van der Waals surface area (Å²) in [6, 6.07) is 8.97. The molecule has 0 aliphatic carbocycles. The zero-order chi connectivity index (χ0) is 13.5. The van der Waals surface area contributed by atoms with Crippen molar-refractivity contribution in [3.8, 4) is 0 Å². The molecule has 3 rings (SSSR count). The summed E-state index contributed by atoms with van der Waals surface area (Å²) in [4.78, 5) is 25.6. The monoisotopic (exact) mass is 260 g/mol. The Morgan fingerprint density at radius 2 is 2.05 bits per heavy atom. The van der Waals surface area contributed by atoms with Crippen molar-refractivity contribution >= 4 is 11.8 Å². The number of hydrogen-bond donors (Lipinski definition) is 2. The highest BCUT2D eigenvalue weighted by molar-refractivity contribution is 5.99. The predicted octanol–water partition coefficient (Wildman–Crippen LogP) is 0.0385. The third-order valence-electron chi connectivity index (χ3n) is 3.87. The number of piperazine rings is 1. The number of nitrogens with zero attached hydrogens (tertiary/aromatic N) is 1. The first-order valence-electron chi connectivity index (χ1n) is 6.50. The Bertz CT molecular complexity index is 517. The van der Waals surface area contributed by atoms with Gasteiger partial charge in [-0.3, -0.25) is 9.59 Å². The van der Waals surface area contributed by atoms with Gasteiger partial charge >= 0.3 is 0 Å². The molecule has 2 fully saturated rings. The first-order chi connectivity index (χ1) is 9.11. The molecular weight excluding hydrogens is 244 g/mol. The van der Waals surface area contributed by atoms with E-state index in [-0.39, 0.29) is 5.91 Å². The molecule has 5 nitrogen and oxygen atoms in total. The topological polar surface area (TPSA) is 69.6 Å². The van der Waals surface area contributed by atoms with Gasteiger partial charge in [-0.15, -0.1) is 0 Å². The van der Waals surface area contributed by atoms with Crippen LogP contribution in [0.5, 0.6) is 0 Å². The van der Waals surface area contributed by atoms with E-state index in [1.165, 1.54) is 4.90 Å². The summed E-state index contributed by atoms with van der Waals surface area (Å²) in [5.74, 6) is -0.644. The van der Waals surface area contributed by atoms with Crippen LogP contribution in [0.1, 0.15) is 18.4 Å². The third-order valence-corrected chi connectivity index (χ3v) is 3.87. The molecule has 5 heteroatoms. The molecule has 0 radical (unpaired) electrons. The van der Waals surface area contributed by atoms with Crippen molar-refractivity contribution < 1.29 is 14.7 Å². The van der Waals surface area contributed by atoms with Crippen LogP contribution in [-0.4, -0.2) is 40.1 Å². The molecule has 2 heterocycles. The maximum atomic E-state index is 12.3. The predicted molar refractivity (Wildman–Crippen MR) is 68.0 cm³/mol. The maximum Gasteiger partial charge on any atom is 0.274 e. The number of amides is 2. The Hall–Kier alpha value is -1.88. The van der Waals surface area contributed by atoms with Crippen LogP contribution < -0.4 is 5.32 Å². The Balaban J connectivity index is 1.81. The van der Waals surface area contributed by atoms with E-state index in [9.17, 15) is 14.7 Å². The van der Waals surface area contributed by atoms with Crippen molar-refractivity contribution in [1.29, 1.82) is 0 Å². The van der Waals surface area contributed by atoms with Crippen LogP contribution in [-0.2, 0) is 16.0 Å². The Morgan fingerprint density at radius 3 is 2.79 bits per heavy atom. The van der Waals surface area contributed by atoms with E-state index in [0.29, 0.717) is 25.8 Å². The lowest BCUT2D eigenvalue weighted by molar-refractivity contribution is -0.177. The molecule has 2 aliphatic rings. The van der Waals surface area contributed by atoms with Crippen molar-refractivity contribution in [1.82, 2.24) is 10.2 Å². The minimum Gasteiger partial charge on any atom is -0.363 e. The van der Waals surface area contributed by atoms with Crippen molar-refractivity contribution in [2.45, 2.75) is 31.0 Å². The van der Waals surface area contributed by atoms with Gasteiger partial charge in [-0.05, 0) is 12.0 Å². The molecule has 0 bridgehead atoms. The second-order valence-corrected chi connectivity index (χ2v) is 5.13. The molecule has 1 aromatic carbocycles. The van der Waals surface area contributed by atoms with E-state index in [2.05, 4.69) is 5.32 Å². The zero-order valence-corrected chi connectivity index (χ0v) is 10.5. The van der Waals surface area contributed by atoms with Gasteiger partial charge in [0, 0.05) is 19.4 Å². The fourth-order valence-electron chi connectivity index (χ4n) is 2.84. The lowest BCUT2D eigenvalue weighted by atomic mass is 9.99. The number of rotatable bonds is 2. The zero-order valence-electron chi connectivity index (χ0n) is 10.5. The van der Waals surface area contributed by atoms with Crippen LogP contribution in [0, 0.1) is 0 Å². The normalized spacial score (nSPS) is 30.2. The number of aliphatic hydroxyl groups is 1. The second-order valence-electron chi connectivity index (χ2n) is 5.13. The van der Waals surface area contributed by atoms with Gasteiger partial charge in [0.25, 0.3) is 5.91 Å². The molecule has 0 aromatic heterocycles. The van der Waals surface area contributed by atoms with Crippen LogP contribution in [0.25, 0.3) is 0 Å². The lowest BCUT2D eigenvalue weighted by Gasteiger charge is -2.40. The van der Waals surface area contributed by atoms with Gasteiger partial charge in [0.1, 0.15) is 6.04 Å². The van der Waals surface area contributed by atoms with Crippen molar-refractivity contribution in [3.63, 3.8) is 0 Å². The molecule has 100 valence electrons. The molecular formula is C14H16N2O3. The van der Waals surface area contributed by atoms with Crippen molar-refractivity contribution in [2.75, 3.05) is 6.54 Å². The summed E-state index contributed by atoms with van der Waals surface area (Å²) in [6.07, 6.45) is 1.44. The molecule has 2 aliphatic heterocycles. The van der Waals surface area contributed by atoms with Gasteiger partial charge in [0.2, 0.25) is 11.6 Å². The standard InChI is InChI=1S/C14H16N2O3/c17-12-11(9-10-5-2-1-3-6-10)15-13(18)14(19)7-4-8-16(12)14/h1-3,5-6,11,19H,4,7-9H2,(H,15,18)/t11-,14-/m0/s1. The lowest BCUT2D eigenvalue weighted by Crippen LogP contribution is -2.68. The van der Waals surface area contributed by atoms with E-state index in [1.54, 1.807) is 0 Å². The van der Waals surface area contributed by atoms with Crippen LogP contribution in [0.15, 0.2) is 30.3 Å². The fraction of sp³-hybridized carbons (Fsp3) is 0.429. The minimum atomic E-state index is -1.62. The SMILES string of the molecule is O=C1[C@H](Cc2ccccc2)NC(=O)[C@@]2(O)CCCN12. The third kappa shape index (κ3) is 1.90. The smallest absolute Gasteiger partial charge is 0.274 e. The van der Waals surface area contributed by atoms with Crippen LogP contribution in [0.2, 0.25) is 0 Å². The minimum absolute atomic E-state index is 0.191. The van der Waals surface area contributed by atoms with E-state index in [0.717, 1.165) is 5.56 Å². The number of hydrogen-bond acceptors (Lipinski definition) is 3. The van der Waals surface area contributed by atoms with E-state index < -0.39 is 17.7 Å². The number of fused-ring (bicyclic) bond motifs is 1. The van der Waals surface area contributed by atoms with Gasteiger partial charge in [-0.25, -0.2) is 0 Å². The van der Waals surface area contributed by atoms with E-state index in [4.69, 9.17) is 0 Å². The number of nitrogens with one attached hydrogen (secondary N) is 1. The summed E-state index contributed by atoms with van der Waals surface area (Å²) < 4.78 is 0. The molecule has 19 heavy (non-hydrogen) atoms.